The zero-order chi connectivity index (χ0) is 23.0. The zero-order valence-electron chi connectivity index (χ0n) is 17.3. The van der Waals surface area contributed by atoms with Crippen LogP contribution in [0.5, 0.6) is 0 Å². The van der Waals surface area contributed by atoms with Gasteiger partial charge in [0.2, 0.25) is 5.91 Å². The lowest BCUT2D eigenvalue weighted by Crippen LogP contribution is -2.25. The monoisotopic (exact) mass is 472 g/mol. The van der Waals surface area contributed by atoms with E-state index in [2.05, 4.69) is 15.3 Å². The molecule has 0 spiro atoms. The molecule has 1 unspecified atom stereocenters. The Balaban J connectivity index is 1.50. The molecule has 0 radical (unpaired) electrons. The molecule has 0 aliphatic rings. The minimum Gasteiger partial charge on any atom is -0.301 e. The molecule has 2 aromatic carbocycles. The Hall–Kier alpha value is -3.11. The maximum atomic E-state index is 13.5. The van der Waals surface area contributed by atoms with Gasteiger partial charge >= 0.3 is 0 Å². The fraction of sp³-hybridized carbons (Fsp3) is 0.182. The van der Waals surface area contributed by atoms with Crippen LogP contribution in [-0.2, 0) is 11.8 Å². The molecule has 1 atom stereocenters. The van der Waals surface area contributed by atoms with Crippen LogP contribution in [0.3, 0.4) is 0 Å². The van der Waals surface area contributed by atoms with Gasteiger partial charge in [0.25, 0.3) is 5.56 Å². The van der Waals surface area contributed by atoms with E-state index in [0.717, 1.165) is 29.5 Å². The number of halogens is 2. The van der Waals surface area contributed by atoms with Gasteiger partial charge in [0, 0.05) is 18.0 Å². The van der Waals surface area contributed by atoms with Crippen LogP contribution in [0.2, 0.25) is 0 Å². The van der Waals surface area contributed by atoms with Crippen molar-refractivity contribution in [3.63, 3.8) is 0 Å². The van der Waals surface area contributed by atoms with E-state index < -0.39 is 16.9 Å². The Morgan fingerprint density at radius 2 is 1.94 bits per heavy atom. The van der Waals surface area contributed by atoms with Crippen molar-refractivity contribution in [1.29, 1.82) is 0 Å². The molecule has 0 fully saturated rings. The van der Waals surface area contributed by atoms with Crippen LogP contribution in [0.15, 0.2) is 51.7 Å². The topological polar surface area (TPSA) is 76.9 Å². The summed E-state index contributed by atoms with van der Waals surface area (Å²) in [4.78, 5) is 34.2. The van der Waals surface area contributed by atoms with E-state index in [1.54, 1.807) is 31.5 Å². The normalized spacial score (nSPS) is 12.2. The molecule has 4 aromatic rings. The quantitative estimate of drug-likeness (QED) is 0.335. The van der Waals surface area contributed by atoms with Crippen molar-refractivity contribution in [3.05, 3.63) is 69.3 Å². The maximum absolute atomic E-state index is 13.5. The van der Waals surface area contributed by atoms with E-state index in [4.69, 9.17) is 0 Å². The molecular weight excluding hydrogens is 454 g/mol. The molecule has 2 heterocycles. The first-order valence-corrected chi connectivity index (χ1v) is 11.3. The number of thiazole rings is 1. The van der Waals surface area contributed by atoms with Gasteiger partial charge in [-0.3, -0.25) is 14.2 Å². The third-order valence-corrected chi connectivity index (χ3v) is 6.69. The minimum absolute atomic E-state index is 0.176. The number of anilines is 1. The predicted octanol–water partition coefficient (Wildman–Crippen LogP) is 4.76. The predicted molar refractivity (Wildman–Crippen MR) is 123 cm³/mol. The third kappa shape index (κ3) is 4.42. The molecule has 10 heteroatoms. The molecule has 6 nitrogen and oxygen atoms in total. The second kappa shape index (κ2) is 8.79. The Bertz CT molecular complexity index is 1400. The van der Waals surface area contributed by atoms with Crippen LogP contribution in [0.4, 0.5) is 13.9 Å². The highest BCUT2D eigenvalue weighted by Gasteiger charge is 2.20. The van der Waals surface area contributed by atoms with Crippen molar-refractivity contribution in [3.8, 4) is 11.3 Å². The number of benzene rings is 2. The van der Waals surface area contributed by atoms with Crippen molar-refractivity contribution in [2.24, 2.45) is 7.05 Å². The molecule has 0 aliphatic heterocycles. The van der Waals surface area contributed by atoms with E-state index in [9.17, 15) is 18.4 Å². The number of rotatable bonds is 5. The first-order valence-electron chi connectivity index (χ1n) is 9.59. The summed E-state index contributed by atoms with van der Waals surface area (Å²) in [6, 6.07) is 8.97. The molecule has 0 aliphatic carbocycles. The summed E-state index contributed by atoms with van der Waals surface area (Å²) in [5.74, 6) is -2.22. The molecule has 0 saturated heterocycles. The second-order valence-electron chi connectivity index (χ2n) is 7.20. The summed E-state index contributed by atoms with van der Waals surface area (Å²) in [5, 5.41) is 5.09. The van der Waals surface area contributed by atoms with E-state index in [1.165, 1.54) is 22.0 Å². The number of amides is 1. The number of aromatic nitrogens is 3. The largest absolute Gasteiger partial charge is 0.301 e. The molecule has 0 saturated carbocycles. The standard InChI is InChI=1S/C22H18F2N4O2S2/c1-11-4-7-17-14(8-11)20(30)28(3)22(26-17)32-12(2)19(29)27-21-25-18(10-31-21)13-5-6-15(23)16(24)9-13/h4-10,12H,1-3H3,(H,25,27,29). The number of aryl methyl sites for hydroxylation is 1. The molecule has 4 rings (SSSR count). The second-order valence-corrected chi connectivity index (χ2v) is 9.36. The molecule has 1 N–H and O–H groups in total. The average Bonchev–Trinajstić information content (AvgIpc) is 3.22. The van der Waals surface area contributed by atoms with Gasteiger partial charge in [-0.2, -0.15) is 0 Å². The van der Waals surface area contributed by atoms with Crippen LogP contribution in [-0.4, -0.2) is 25.7 Å². The highest BCUT2D eigenvalue weighted by Crippen LogP contribution is 2.28. The van der Waals surface area contributed by atoms with Crippen LogP contribution >= 0.6 is 23.1 Å². The third-order valence-electron chi connectivity index (χ3n) is 4.79. The van der Waals surface area contributed by atoms with Gasteiger partial charge in [0.15, 0.2) is 21.9 Å². The average molecular weight is 473 g/mol. The molecule has 1 amide bonds. The lowest BCUT2D eigenvalue weighted by atomic mass is 10.2. The fourth-order valence-electron chi connectivity index (χ4n) is 3.01. The van der Waals surface area contributed by atoms with Crippen molar-refractivity contribution in [2.45, 2.75) is 24.3 Å². The van der Waals surface area contributed by atoms with Crippen LogP contribution in [0.1, 0.15) is 12.5 Å². The number of carbonyl (C=O) groups excluding carboxylic acids is 1. The summed E-state index contributed by atoms with van der Waals surface area (Å²) in [6.07, 6.45) is 0. The van der Waals surface area contributed by atoms with Crippen LogP contribution in [0, 0.1) is 18.6 Å². The Morgan fingerprint density at radius 3 is 2.69 bits per heavy atom. The number of nitrogens with zero attached hydrogens (tertiary/aromatic N) is 3. The SMILES string of the molecule is Cc1ccc2nc(SC(C)C(=O)Nc3nc(-c4ccc(F)c(F)c4)cs3)n(C)c(=O)c2c1. The molecule has 2 aromatic heterocycles. The number of thioether (sulfide) groups is 1. The first-order chi connectivity index (χ1) is 15.2. The fourth-order valence-corrected chi connectivity index (χ4v) is 4.60. The highest BCUT2D eigenvalue weighted by molar-refractivity contribution is 8.00. The summed E-state index contributed by atoms with van der Waals surface area (Å²) in [5.41, 5.74) is 2.21. The Kier molecular flexibility index (Phi) is 6.07. The van der Waals surface area contributed by atoms with E-state index in [0.29, 0.717) is 32.4 Å². The van der Waals surface area contributed by atoms with E-state index >= 15 is 0 Å². The number of fused-ring (bicyclic) bond motifs is 1. The number of hydrogen-bond donors (Lipinski definition) is 1. The van der Waals surface area contributed by atoms with Crippen molar-refractivity contribution >= 4 is 45.0 Å². The van der Waals surface area contributed by atoms with Crippen LogP contribution < -0.4 is 10.9 Å². The highest BCUT2D eigenvalue weighted by atomic mass is 32.2. The molecule has 32 heavy (non-hydrogen) atoms. The molecule has 0 bridgehead atoms. The van der Waals surface area contributed by atoms with Gasteiger partial charge in [0.05, 0.1) is 21.8 Å². The molecule has 164 valence electrons. The van der Waals surface area contributed by atoms with Crippen molar-refractivity contribution in [1.82, 2.24) is 14.5 Å². The Labute approximate surface area is 190 Å². The van der Waals surface area contributed by atoms with Crippen LogP contribution in [0.25, 0.3) is 22.2 Å². The summed E-state index contributed by atoms with van der Waals surface area (Å²) in [7, 11) is 1.62. The summed E-state index contributed by atoms with van der Waals surface area (Å²) in [6.45, 7) is 3.61. The van der Waals surface area contributed by atoms with Gasteiger partial charge in [-0.05, 0) is 44.2 Å². The number of nitrogens with one attached hydrogen (secondary N) is 1. The maximum Gasteiger partial charge on any atom is 0.261 e. The van der Waals surface area contributed by atoms with Gasteiger partial charge in [0.1, 0.15) is 0 Å². The van der Waals surface area contributed by atoms with Gasteiger partial charge in [-0.1, -0.05) is 23.4 Å². The minimum atomic E-state index is -0.963. The Morgan fingerprint density at radius 1 is 1.16 bits per heavy atom. The van der Waals surface area contributed by atoms with Crippen molar-refractivity contribution in [2.75, 3.05) is 5.32 Å². The van der Waals surface area contributed by atoms with Gasteiger partial charge in [-0.15, -0.1) is 11.3 Å². The zero-order valence-corrected chi connectivity index (χ0v) is 19.0. The van der Waals surface area contributed by atoms with E-state index in [-0.39, 0.29) is 11.5 Å². The van der Waals surface area contributed by atoms with Crippen molar-refractivity contribution < 1.29 is 13.6 Å². The number of hydrogen-bond acceptors (Lipinski definition) is 6. The number of carbonyl (C=O) groups is 1. The van der Waals surface area contributed by atoms with E-state index in [1.807, 2.05) is 13.0 Å². The lowest BCUT2D eigenvalue weighted by molar-refractivity contribution is -0.115. The van der Waals surface area contributed by atoms with Gasteiger partial charge in [-0.25, -0.2) is 18.7 Å². The first kappa shape index (κ1) is 22.1. The molecular formula is C22H18F2N4O2S2. The summed E-state index contributed by atoms with van der Waals surface area (Å²) >= 11 is 2.34. The smallest absolute Gasteiger partial charge is 0.261 e. The lowest BCUT2D eigenvalue weighted by Gasteiger charge is -2.13. The summed E-state index contributed by atoms with van der Waals surface area (Å²) < 4.78 is 28.0. The van der Waals surface area contributed by atoms with Gasteiger partial charge < -0.3 is 5.32 Å².